The zero-order valence-electron chi connectivity index (χ0n) is 19.3. The Hall–Kier alpha value is -3.38. The molecule has 35 heavy (non-hydrogen) atoms. The normalized spacial score (nSPS) is 16.6. The Kier molecular flexibility index (Phi) is 6.24. The lowest BCUT2D eigenvalue weighted by molar-refractivity contribution is -0.0846. The van der Waals surface area contributed by atoms with Crippen molar-refractivity contribution in [1.29, 1.82) is 0 Å². The molecule has 0 radical (unpaired) electrons. The zero-order chi connectivity index (χ0) is 24.6. The van der Waals surface area contributed by atoms with E-state index in [9.17, 15) is 13.2 Å². The topological polar surface area (TPSA) is 116 Å². The highest BCUT2D eigenvalue weighted by Gasteiger charge is 2.22. The summed E-state index contributed by atoms with van der Waals surface area (Å²) in [4.78, 5) is 18.0. The molecule has 182 valence electrons. The highest BCUT2D eigenvalue weighted by Crippen LogP contribution is 2.24. The van der Waals surface area contributed by atoms with E-state index in [0.717, 1.165) is 15.4 Å². The molecule has 10 nitrogen and oxygen atoms in total. The number of fused-ring (bicyclic) bond motifs is 2. The number of anilines is 1. The van der Waals surface area contributed by atoms with Crippen LogP contribution in [0.1, 0.15) is 0 Å². The first kappa shape index (κ1) is 23.4. The predicted molar refractivity (Wildman–Crippen MR) is 134 cm³/mol. The third kappa shape index (κ3) is 4.76. The molecule has 0 unspecified atom stereocenters. The molecule has 0 aliphatic carbocycles. The number of rotatable bonds is 6. The van der Waals surface area contributed by atoms with Gasteiger partial charge in [-0.1, -0.05) is 12.1 Å². The van der Waals surface area contributed by atoms with Gasteiger partial charge in [0.25, 0.3) is 0 Å². The number of nitrogens with one attached hydrogen (secondary N) is 1. The predicted octanol–water partition coefficient (Wildman–Crippen LogP) is 1.83. The maximum Gasteiger partial charge on any atom is 0.301 e. The second-order valence-corrected chi connectivity index (χ2v) is 10.2. The van der Waals surface area contributed by atoms with Gasteiger partial charge in [-0.2, -0.15) is 18.2 Å². The van der Waals surface area contributed by atoms with Gasteiger partial charge >= 0.3 is 10.2 Å². The van der Waals surface area contributed by atoms with Crippen molar-refractivity contribution < 1.29 is 17.9 Å². The molecular formula is C24H25N5O5S. The number of nitrogens with zero attached hydrogens (tertiary/aromatic N) is 4. The van der Waals surface area contributed by atoms with E-state index >= 15 is 0 Å². The molecule has 1 aliphatic heterocycles. The SMILES string of the molecule is CN(c1ccc2ccc3ncc(-c4cnn(C)c4)cc3c(=O)c2c1)S(=O)(=O)NC[C@@H]1COCCO1. The minimum atomic E-state index is -3.87. The monoisotopic (exact) mass is 495 g/mol. The van der Waals surface area contributed by atoms with Gasteiger partial charge in [0.1, 0.15) is 0 Å². The molecule has 0 amide bonds. The van der Waals surface area contributed by atoms with Crippen LogP contribution in [0.5, 0.6) is 0 Å². The molecule has 5 rings (SSSR count). The van der Waals surface area contributed by atoms with Gasteiger partial charge in [0.2, 0.25) is 0 Å². The zero-order valence-corrected chi connectivity index (χ0v) is 20.2. The van der Waals surface area contributed by atoms with Crippen molar-refractivity contribution in [1.82, 2.24) is 19.5 Å². The number of aryl methyl sites for hydroxylation is 1. The Morgan fingerprint density at radius 1 is 1.11 bits per heavy atom. The van der Waals surface area contributed by atoms with Crippen molar-refractivity contribution in [2.75, 3.05) is 37.7 Å². The minimum absolute atomic E-state index is 0.0927. The maximum atomic E-state index is 13.6. The number of hydrogen-bond donors (Lipinski definition) is 1. The number of hydrogen-bond acceptors (Lipinski definition) is 7. The Morgan fingerprint density at radius 2 is 1.94 bits per heavy atom. The molecule has 2 aromatic heterocycles. The molecule has 4 aromatic rings. The molecule has 11 heteroatoms. The van der Waals surface area contributed by atoms with Gasteiger partial charge in [-0.25, -0.2) is 0 Å². The fourth-order valence-corrected chi connectivity index (χ4v) is 4.98. The average Bonchev–Trinajstić information content (AvgIpc) is 3.26. The first-order valence-corrected chi connectivity index (χ1v) is 12.5. The summed E-state index contributed by atoms with van der Waals surface area (Å²) in [5, 5.41) is 5.71. The van der Waals surface area contributed by atoms with Gasteiger partial charge in [0.15, 0.2) is 5.43 Å². The summed E-state index contributed by atoms with van der Waals surface area (Å²) >= 11 is 0. The van der Waals surface area contributed by atoms with E-state index in [1.165, 1.54) is 7.05 Å². The van der Waals surface area contributed by atoms with Gasteiger partial charge in [-0.15, -0.1) is 0 Å². The van der Waals surface area contributed by atoms with Crippen LogP contribution in [0.25, 0.3) is 32.8 Å². The lowest BCUT2D eigenvalue weighted by Gasteiger charge is -2.25. The summed E-state index contributed by atoms with van der Waals surface area (Å²) in [6, 6.07) is 10.4. The summed E-state index contributed by atoms with van der Waals surface area (Å²) in [7, 11) is -0.609. The summed E-state index contributed by atoms with van der Waals surface area (Å²) < 4.78 is 42.0. The van der Waals surface area contributed by atoms with E-state index in [1.54, 1.807) is 47.4 Å². The van der Waals surface area contributed by atoms with Gasteiger partial charge in [-0.05, 0) is 29.7 Å². The maximum absolute atomic E-state index is 13.6. The van der Waals surface area contributed by atoms with Crippen molar-refractivity contribution in [3.05, 3.63) is 65.2 Å². The fourth-order valence-electron chi connectivity index (χ4n) is 4.00. The molecule has 1 aliphatic rings. The van der Waals surface area contributed by atoms with Crippen LogP contribution in [0.4, 0.5) is 5.69 Å². The van der Waals surface area contributed by atoms with Crippen LogP contribution in [0, 0.1) is 0 Å². The van der Waals surface area contributed by atoms with Crippen LogP contribution in [0.2, 0.25) is 0 Å². The van der Waals surface area contributed by atoms with Crippen molar-refractivity contribution in [3.63, 3.8) is 0 Å². The molecule has 3 heterocycles. The first-order valence-electron chi connectivity index (χ1n) is 11.1. The Bertz CT molecular complexity index is 1560. The largest absolute Gasteiger partial charge is 0.376 e. The highest BCUT2D eigenvalue weighted by molar-refractivity contribution is 7.90. The molecular weight excluding hydrogens is 470 g/mol. The van der Waals surface area contributed by atoms with Crippen LogP contribution < -0.4 is 14.5 Å². The lowest BCUT2D eigenvalue weighted by Crippen LogP contribution is -2.44. The highest BCUT2D eigenvalue weighted by atomic mass is 32.2. The second-order valence-electron chi connectivity index (χ2n) is 8.38. The van der Waals surface area contributed by atoms with Crippen LogP contribution in [-0.2, 0) is 26.7 Å². The number of benzene rings is 1. The fraction of sp³-hybridized carbons (Fsp3) is 0.292. The lowest BCUT2D eigenvalue weighted by atomic mass is 10.1. The van der Waals surface area contributed by atoms with E-state index in [4.69, 9.17) is 9.47 Å². The van der Waals surface area contributed by atoms with E-state index in [1.807, 2.05) is 19.3 Å². The molecule has 0 saturated carbocycles. The third-order valence-electron chi connectivity index (χ3n) is 6.01. The summed E-state index contributed by atoms with van der Waals surface area (Å²) in [6.07, 6.45) is 4.93. The quantitative estimate of drug-likeness (QED) is 0.434. The van der Waals surface area contributed by atoms with Gasteiger partial charge < -0.3 is 9.47 Å². The Morgan fingerprint density at radius 3 is 2.69 bits per heavy atom. The number of ether oxygens (including phenoxy) is 2. The van der Waals surface area contributed by atoms with E-state index in [2.05, 4.69) is 14.8 Å². The molecule has 1 saturated heterocycles. The van der Waals surface area contributed by atoms with Crippen LogP contribution in [0.3, 0.4) is 0 Å². The van der Waals surface area contributed by atoms with E-state index in [-0.39, 0.29) is 18.1 Å². The molecule has 1 atom stereocenters. The standard InChI is InChI=1S/C24H25N5O5S/c1-28-14-18(12-26-28)17-9-22-23(25-11-17)6-4-16-3-5-19(10-21(16)24(22)30)29(2)35(31,32)27-13-20-15-33-7-8-34-20/h3-6,9-12,14,20,27H,7-8,13,15H2,1-2H3/t20-/m1/s1. The van der Waals surface area contributed by atoms with Crippen molar-refractivity contribution in [2.24, 2.45) is 7.05 Å². The summed E-state index contributed by atoms with van der Waals surface area (Å²) in [5.74, 6) is 0. The van der Waals surface area contributed by atoms with Gasteiger partial charge in [-0.3, -0.25) is 18.8 Å². The third-order valence-corrected chi connectivity index (χ3v) is 7.47. The van der Waals surface area contributed by atoms with Gasteiger partial charge in [0, 0.05) is 54.9 Å². The van der Waals surface area contributed by atoms with Crippen LogP contribution in [0.15, 0.2) is 59.8 Å². The van der Waals surface area contributed by atoms with E-state index < -0.39 is 10.2 Å². The molecule has 1 N–H and O–H groups in total. The Balaban J connectivity index is 1.52. The van der Waals surface area contributed by atoms with Crippen molar-refractivity contribution in [2.45, 2.75) is 6.10 Å². The Labute approximate surface area is 202 Å². The van der Waals surface area contributed by atoms with Crippen LogP contribution >= 0.6 is 0 Å². The molecule has 1 fully saturated rings. The van der Waals surface area contributed by atoms with E-state index in [0.29, 0.717) is 47.2 Å². The summed E-state index contributed by atoms with van der Waals surface area (Å²) in [5.41, 5.74) is 2.31. The van der Waals surface area contributed by atoms with Gasteiger partial charge in [0.05, 0.1) is 43.3 Å². The van der Waals surface area contributed by atoms with Crippen LogP contribution in [-0.4, -0.2) is 62.7 Å². The average molecular weight is 496 g/mol. The molecule has 2 aromatic carbocycles. The summed E-state index contributed by atoms with van der Waals surface area (Å²) in [6.45, 7) is 1.36. The second kappa shape index (κ2) is 9.34. The number of aromatic nitrogens is 3. The smallest absolute Gasteiger partial charge is 0.301 e. The molecule has 0 spiro atoms. The van der Waals surface area contributed by atoms with Crippen molar-refractivity contribution >= 4 is 37.6 Å². The first-order chi connectivity index (χ1) is 16.8. The molecule has 0 bridgehead atoms. The minimum Gasteiger partial charge on any atom is -0.376 e. The number of pyridine rings is 1. The van der Waals surface area contributed by atoms with Crippen molar-refractivity contribution in [3.8, 4) is 11.1 Å².